The summed E-state index contributed by atoms with van der Waals surface area (Å²) in [6, 6.07) is 0. The van der Waals surface area contributed by atoms with E-state index in [-0.39, 0.29) is 7.92 Å². The van der Waals surface area contributed by atoms with Crippen LogP contribution in [0.4, 0.5) is 0 Å². The molecule has 0 amide bonds. The van der Waals surface area contributed by atoms with Gasteiger partial charge < -0.3 is 4.74 Å². The van der Waals surface area contributed by atoms with Crippen LogP contribution in [0.1, 0.15) is 0 Å². The van der Waals surface area contributed by atoms with Crippen LogP contribution in [0.2, 0.25) is 0 Å². The molecule has 1 unspecified atom stereocenters. The molecule has 0 aliphatic carbocycles. The quantitative estimate of drug-likeness (QED) is 0.346. The summed E-state index contributed by atoms with van der Waals surface area (Å²) in [5, 5.41) is 0. The van der Waals surface area contributed by atoms with E-state index in [4.69, 9.17) is 17.6 Å². The Morgan fingerprint density at radius 3 is 2.27 bits per heavy atom. The molecule has 1 heterocycles. The highest BCUT2D eigenvalue weighted by molar-refractivity contribution is 7.58. The highest BCUT2D eigenvalue weighted by atomic mass is 31.1. The molecular weight excluding hydrogens is 155 g/mol. The molecule has 1 fully saturated rings. The first-order valence-corrected chi connectivity index (χ1v) is 5.47. The molecule has 1 aliphatic rings. The maximum Gasteiger partial charge on any atom is 0.0849 e. The van der Waals surface area contributed by atoms with Gasteiger partial charge >= 0.3 is 0 Å². The number of terminal acetylenes is 2. The molecule has 0 aromatic heterocycles. The molecule has 58 valence electrons. The smallest absolute Gasteiger partial charge is 0.0849 e. The lowest BCUT2D eigenvalue weighted by Gasteiger charge is -2.08. The van der Waals surface area contributed by atoms with Gasteiger partial charge in [0, 0.05) is 12.3 Å². The Hall–Kier alpha value is -0.490. The molecule has 0 aromatic carbocycles. The van der Waals surface area contributed by atoms with E-state index >= 15 is 0 Å². The Kier molecular flexibility index (Phi) is 3.44. The Bertz CT molecular complexity index is 179. The maximum atomic E-state index is 5.21. The average molecular weight is 166 g/mol. The summed E-state index contributed by atoms with van der Waals surface area (Å²) in [5.41, 5.74) is 0. The van der Waals surface area contributed by atoms with Crippen LogP contribution in [-0.4, -0.2) is 31.2 Å². The van der Waals surface area contributed by atoms with Crippen molar-refractivity contribution in [3.05, 3.63) is 0 Å². The minimum Gasteiger partial charge on any atom is -0.373 e. The van der Waals surface area contributed by atoms with Crippen molar-refractivity contribution >= 4 is 7.92 Å². The fourth-order valence-corrected chi connectivity index (χ4v) is 2.58. The van der Waals surface area contributed by atoms with Crippen molar-refractivity contribution < 1.29 is 4.74 Å². The molecule has 0 saturated carbocycles. The van der Waals surface area contributed by atoms with Crippen molar-refractivity contribution in [3.8, 4) is 24.7 Å². The van der Waals surface area contributed by atoms with Gasteiger partial charge in [0.15, 0.2) is 0 Å². The monoisotopic (exact) mass is 166 g/mol. The molecule has 1 atom stereocenters. The first-order chi connectivity index (χ1) is 5.36. The zero-order valence-electron chi connectivity index (χ0n) is 6.42. The number of rotatable bonds is 4. The molecule has 1 saturated heterocycles. The van der Waals surface area contributed by atoms with Crippen LogP contribution >= 0.6 is 7.92 Å². The molecule has 2 heteroatoms. The maximum absolute atomic E-state index is 5.21. The summed E-state index contributed by atoms with van der Waals surface area (Å²) in [7, 11) is -0.135. The summed E-state index contributed by atoms with van der Waals surface area (Å²) in [6.45, 7) is 0.911. The van der Waals surface area contributed by atoms with Gasteiger partial charge in [0.2, 0.25) is 0 Å². The molecule has 0 bridgehead atoms. The van der Waals surface area contributed by atoms with Gasteiger partial charge in [-0.2, -0.15) is 0 Å². The van der Waals surface area contributed by atoms with Crippen molar-refractivity contribution in [3.63, 3.8) is 0 Å². The predicted molar refractivity (Wildman–Crippen MR) is 48.9 cm³/mol. The van der Waals surface area contributed by atoms with Gasteiger partial charge in [0.25, 0.3) is 0 Å². The third-order valence-electron chi connectivity index (χ3n) is 1.49. The predicted octanol–water partition coefficient (Wildman–Crippen LogP) is 1.13. The fraction of sp³-hybridized carbons (Fsp3) is 0.556. The van der Waals surface area contributed by atoms with E-state index in [1.807, 2.05) is 0 Å². The van der Waals surface area contributed by atoms with E-state index in [0.717, 1.165) is 25.1 Å². The Balaban J connectivity index is 2.21. The number of hydrogen-bond acceptors (Lipinski definition) is 1. The third kappa shape index (κ3) is 3.43. The molecule has 1 aliphatic heterocycles. The second-order valence-electron chi connectivity index (χ2n) is 2.53. The molecule has 0 spiro atoms. The average Bonchev–Trinajstić information content (AvgIpc) is 2.73. The number of epoxide rings is 1. The highest BCUT2D eigenvalue weighted by Crippen LogP contribution is 2.37. The van der Waals surface area contributed by atoms with Crippen LogP contribution in [0.3, 0.4) is 0 Å². The Labute approximate surface area is 69.3 Å². The van der Waals surface area contributed by atoms with E-state index in [0.29, 0.717) is 6.10 Å². The largest absolute Gasteiger partial charge is 0.373 e. The molecule has 1 nitrogen and oxygen atoms in total. The molecule has 0 radical (unpaired) electrons. The molecule has 1 rings (SSSR count). The molecule has 0 N–H and O–H groups in total. The standard InChI is InChI=1S/C9H11OP/c1-3-5-11(6-4-2)8-9-7-10-9/h1-2,9H,5-8H2. The normalized spacial score (nSPS) is 20.8. The summed E-state index contributed by atoms with van der Waals surface area (Å²) >= 11 is 0. The van der Waals surface area contributed by atoms with E-state index in [1.54, 1.807) is 0 Å². The first kappa shape index (κ1) is 8.61. The highest BCUT2D eigenvalue weighted by Gasteiger charge is 2.25. The topological polar surface area (TPSA) is 12.5 Å². The Morgan fingerprint density at radius 1 is 1.36 bits per heavy atom. The van der Waals surface area contributed by atoms with Crippen molar-refractivity contribution in [2.75, 3.05) is 25.1 Å². The third-order valence-corrected chi connectivity index (χ3v) is 3.68. The lowest BCUT2D eigenvalue weighted by Crippen LogP contribution is -1.98. The van der Waals surface area contributed by atoms with Gasteiger partial charge in [-0.1, -0.05) is 7.92 Å². The van der Waals surface area contributed by atoms with Crippen molar-refractivity contribution in [2.24, 2.45) is 0 Å². The van der Waals surface area contributed by atoms with E-state index < -0.39 is 0 Å². The second-order valence-corrected chi connectivity index (χ2v) is 4.87. The number of ether oxygens (including phenoxy) is 1. The van der Waals surface area contributed by atoms with Crippen LogP contribution < -0.4 is 0 Å². The van der Waals surface area contributed by atoms with Crippen LogP contribution in [0, 0.1) is 24.7 Å². The lowest BCUT2D eigenvalue weighted by molar-refractivity contribution is 0.425. The van der Waals surface area contributed by atoms with E-state index in [9.17, 15) is 0 Å². The zero-order chi connectivity index (χ0) is 8.10. The summed E-state index contributed by atoms with van der Waals surface area (Å²) in [6.07, 6.45) is 13.7. The van der Waals surface area contributed by atoms with Crippen LogP contribution in [0.25, 0.3) is 0 Å². The number of hydrogen-bond donors (Lipinski definition) is 0. The van der Waals surface area contributed by atoms with Gasteiger partial charge in [-0.25, -0.2) is 0 Å². The van der Waals surface area contributed by atoms with Crippen LogP contribution in [-0.2, 0) is 4.74 Å². The van der Waals surface area contributed by atoms with Crippen molar-refractivity contribution in [2.45, 2.75) is 6.10 Å². The molecular formula is C9H11OP. The SMILES string of the molecule is C#CCP(CC#C)CC1CO1. The zero-order valence-corrected chi connectivity index (χ0v) is 7.31. The summed E-state index contributed by atoms with van der Waals surface area (Å²) in [5.74, 6) is 5.33. The minimum atomic E-state index is -0.135. The van der Waals surface area contributed by atoms with Gasteiger partial charge in [-0.05, 0) is 6.16 Å². The minimum absolute atomic E-state index is 0.135. The van der Waals surface area contributed by atoms with E-state index in [1.165, 1.54) is 0 Å². The first-order valence-electron chi connectivity index (χ1n) is 3.57. The van der Waals surface area contributed by atoms with Crippen LogP contribution in [0.15, 0.2) is 0 Å². The summed E-state index contributed by atoms with van der Waals surface area (Å²) < 4.78 is 5.11. The van der Waals surface area contributed by atoms with Crippen molar-refractivity contribution in [1.82, 2.24) is 0 Å². The van der Waals surface area contributed by atoms with Crippen LogP contribution in [0.5, 0.6) is 0 Å². The van der Waals surface area contributed by atoms with Crippen molar-refractivity contribution in [1.29, 1.82) is 0 Å². The Morgan fingerprint density at radius 2 is 1.91 bits per heavy atom. The lowest BCUT2D eigenvalue weighted by atomic mass is 10.6. The second kappa shape index (κ2) is 4.40. The molecule has 0 aromatic rings. The van der Waals surface area contributed by atoms with E-state index in [2.05, 4.69) is 11.8 Å². The summed E-state index contributed by atoms with van der Waals surface area (Å²) in [4.78, 5) is 0. The fourth-order valence-electron chi connectivity index (χ4n) is 0.905. The van der Waals surface area contributed by atoms with Gasteiger partial charge in [-0.3, -0.25) is 0 Å². The van der Waals surface area contributed by atoms with Gasteiger partial charge in [0.1, 0.15) is 0 Å². The van der Waals surface area contributed by atoms with Gasteiger partial charge in [-0.15, -0.1) is 24.7 Å². The molecule has 11 heavy (non-hydrogen) atoms. The van der Waals surface area contributed by atoms with Gasteiger partial charge in [0.05, 0.1) is 12.7 Å².